The minimum atomic E-state index is -1.03. The van der Waals surface area contributed by atoms with Crippen molar-refractivity contribution in [3.05, 3.63) is 60.8 Å². The molecule has 0 heterocycles. The lowest BCUT2D eigenvalue weighted by molar-refractivity contribution is -0.164. The minimum Gasteiger partial charge on any atom is -0.479 e. The lowest BCUT2D eigenvalue weighted by Gasteiger charge is -2.13. The maximum atomic E-state index is 12.2. The zero-order chi connectivity index (χ0) is 33.6. The average molecular weight is 641 g/mol. The molecule has 0 fully saturated rings. The SMILES string of the molecule is CC/C=C\C/C=C\C/C=C\C/C=C\C/C=C\CCCC(=O)OC(CCCCCCCCCCCCCCCCCCCC)C(=O)O. The van der Waals surface area contributed by atoms with Crippen LogP contribution in [-0.2, 0) is 14.3 Å². The maximum absolute atomic E-state index is 12.2. The maximum Gasteiger partial charge on any atom is 0.345 e. The van der Waals surface area contributed by atoms with Gasteiger partial charge in [-0.2, -0.15) is 0 Å². The number of carbonyl (C=O) groups excluding carboxylic acids is 1. The van der Waals surface area contributed by atoms with Gasteiger partial charge in [0.05, 0.1) is 0 Å². The molecule has 0 bridgehead atoms. The molecule has 0 aliphatic heterocycles. The van der Waals surface area contributed by atoms with Crippen LogP contribution < -0.4 is 0 Å². The second kappa shape index (κ2) is 37.1. The summed E-state index contributed by atoms with van der Waals surface area (Å²) in [7, 11) is 0. The number of unbranched alkanes of at least 4 members (excludes halogenated alkanes) is 18. The molecule has 1 atom stereocenters. The van der Waals surface area contributed by atoms with Crippen LogP contribution in [-0.4, -0.2) is 23.1 Å². The fourth-order valence-corrected chi connectivity index (χ4v) is 5.41. The van der Waals surface area contributed by atoms with Crippen LogP contribution >= 0.6 is 0 Å². The summed E-state index contributed by atoms with van der Waals surface area (Å²) in [5, 5.41) is 9.48. The van der Waals surface area contributed by atoms with Gasteiger partial charge >= 0.3 is 11.9 Å². The van der Waals surface area contributed by atoms with E-state index in [0.29, 0.717) is 12.8 Å². The molecule has 0 aliphatic rings. The van der Waals surface area contributed by atoms with Crippen LogP contribution in [0.4, 0.5) is 0 Å². The number of carboxylic acids is 1. The lowest BCUT2D eigenvalue weighted by Crippen LogP contribution is -2.26. The standard InChI is InChI=1S/C42H72O4/c1-3-5-7-9-11-13-15-17-19-21-23-24-26-28-30-32-34-36-38-40(42(44)45)46-41(43)39-37-35-33-31-29-27-25-22-20-18-16-14-12-10-8-6-4-2/h6,8,12,14,18,20,25,27,31,33,40H,3-5,7,9-11,13,15-17,19,21-24,26,28-30,32,34-39H2,1-2H3,(H,44,45)/b8-6-,14-12-,20-18-,27-25-,33-31-. The number of carboxylic acid groups (broad SMARTS) is 1. The van der Waals surface area contributed by atoms with Crippen LogP contribution in [0.25, 0.3) is 0 Å². The van der Waals surface area contributed by atoms with Crippen molar-refractivity contribution >= 4 is 11.9 Å². The number of hydrogen-bond donors (Lipinski definition) is 1. The van der Waals surface area contributed by atoms with Crippen LogP contribution in [0.2, 0.25) is 0 Å². The molecule has 0 rings (SSSR count). The Morgan fingerprint density at radius 2 is 0.870 bits per heavy atom. The quantitative estimate of drug-likeness (QED) is 0.0432. The third-order valence-corrected chi connectivity index (χ3v) is 8.28. The van der Waals surface area contributed by atoms with Gasteiger partial charge in [-0.15, -0.1) is 0 Å². The Kier molecular flexibility index (Phi) is 35.2. The summed E-state index contributed by atoms with van der Waals surface area (Å²) in [5.74, 6) is -1.43. The van der Waals surface area contributed by atoms with Crippen molar-refractivity contribution in [3.8, 4) is 0 Å². The number of aliphatic carboxylic acids is 1. The highest BCUT2D eigenvalue weighted by Crippen LogP contribution is 2.16. The lowest BCUT2D eigenvalue weighted by atomic mass is 10.0. The molecule has 4 nitrogen and oxygen atoms in total. The Labute approximate surface area is 284 Å². The van der Waals surface area contributed by atoms with Crippen molar-refractivity contribution in [1.82, 2.24) is 0 Å². The van der Waals surface area contributed by atoms with Crippen molar-refractivity contribution in [2.75, 3.05) is 0 Å². The first-order valence-electron chi connectivity index (χ1n) is 19.3. The number of rotatable bonds is 34. The molecule has 4 heteroatoms. The van der Waals surface area contributed by atoms with Gasteiger partial charge in [0.2, 0.25) is 0 Å². The first-order chi connectivity index (χ1) is 22.6. The Morgan fingerprint density at radius 1 is 0.500 bits per heavy atom. The molecule has 0 aromatic carbocycles. The van der Waals surface area contributed by atoms with Crippen LogP contribution in [0.1, 0.15) is 187 Å². The molecule has 46 heavy (non-hydrogen) atoms. The van der Waals surface area contributed by atoms with Crippen molar-refractivity contribution in [1.29, 1.82) is 0 Å². The fourth-order valence-electron chi connectivity index (χ4n) is 5.41. The predicted molar refractivity (Wildman–Crippen MR) is 199 cm³/mol. The van der Waals surface area contributed by atoms with E-state index in [1.54, 1.807) is 0 Å². The summed E-state index contributed by atoms with van der Waals surface area (Å²) in [6.45, 7) is 4.42. The highest BCUT2D eigenvalue weighted by atomic mass is 16.6. The fraction of sp³-hybridized carbons (Fsp3) is 0.714. The topological polar surface area (TPSA) is 63.6 Å². The van der Waals surface area contributed by atoms with Gasteiger partial charge in [-0.05, 0) is 57.8 Å². The van der Waals surface area contributed by atoms with E-state index in [4.69, 9.17) is 4.74 Å². The Balaban J connectivity index is 3.67. The van der Waals surface area contributed by atoms with E-state index in [2.05, 4.69) is 74.6 Å². The summed E-state index contributed by atoms with van der Waals surface area (Å²) in [4.78, 5) is 23.8. The molecule has 0 aromatic heterocycles. The van der Waals surface area contributed by atoms with E-state index < -0.39 is 18.0 Å². The molecule has 0 spiro atoms. The highest BCUT2D eigenvalue weighted by molar-refractivity contribution is 5.77. The molecule has 0 aromatic rings. The van der Waals surface area contributed by atoms with Crippen molar-refractivity contribution in [2.24, 2.45) is 0 Å². The van der Waals surface area contributed by atoms with Gasteiger partial charge in [-0.3, -0.25) is 4.79 Å². The second-order valence-electron chi connectivity index (χ2n) is 12.7. The molecule has 0 amide bonds. The summed E-state index contributed by atoms with van der Waals surface area (Å²) in [6, 6.07) is 0. The van der Waals surface area contributed by atoms with Crippen LogP contribution in [0.15, 0.2) is 60.8 Å². The Hall–Kier alpha value is -2.36. The zero-order valence-corrected chi connectivity index (χ0v) is 30.1. The second-order valence-corrected chi connectivity index (χ2v) is 12.7. The first-order valence-corrected chi connectivity index (χ1v) is 19.3. The van der Waals surface area contributed by atoms with E-state index >= 15 is 0 Å². The van der Waals surface area contributed by atoms with E-state index in [1.807, 2.05) is 0 Å². The van der Waals surface area contributed by atoms with Crippen molar-refractivity contribution in [3.63, 3.8) is 0 Å². The molecular formula is C42H72O4. The normalized spacial score (nSPS) is 12.9. The van der Waals surface area contributed by atoms with Crippen LogP contribution in [0, 0.1) is 0 Å². The van der Waals surface area contributed by atoms with Gasteiger partial charge in [0.15, 0.2) is 6.10 Å². The molecule has 1 N–H and O–H groups in total. The smallest absolute Gasteiger partial charge is 0.345 e. The summed E-state index contributed by atoms with van der Waals surface area (Å²) in [5.41, 5.74) is 0. The van der Waals surface area contributed by atoms with Gasteiger partial charge in [-0.1, -0.05) is 184 Å². The summed E-state index contributed by atoms with van der Waals surface area (Å²) >= 11 is 0. The van der Waals surface area contributed by atoms with Gasteiger partial charge < -0.3 is 9.84 Å². The molecular weight excluding hydrogens is 568 g/mol. The Morgan fingerprint density at radius 3 is 1.26 bits per heavy atom. The van der Waals surface area contributed by atoms with Crippen molar-refractivity contribution < 1.29 is 19.4 Å². The highest BCUT2D eigenvalue weighted by Gasteiger charge is 2.21. The van der Waals surface area contributed by atoms with Gasteiger partial charge in [-0.25, -0.2) is 4.79 Å². The van der Waals surface area contributed by atoms with E-state index in [9.17, 15) is 14.7 Å². The summed E-state index contributed by atoms with van der Waals surface area (Å²) in [6.07, 6.45) is 51.2. The third kappa shape index (κ3) is 34.5. The molecule has 0 aliphatic carbocycles. The van der Waals surface area contributed by atoms with E-state index in [0.717, 1.165) is 57.8 Å². The van der Waals surface area contributed by atoms with Gasteiger partial charge in [0.1, 0.15) is 0 Å². The minimum absolute atomic E-state index is 0.261. The molecule has 264 valence electrons. The molecule has 1 unspecified atom stereocenters. The van der Waals surface area contributed by atoms with Gasteiger partial charge in [0, 0.05) is 6.42 Å². The molecule has 0 saturated carbocycles. The number of carbonyl (C=O) groups is 2. The van der Waals surface area contributed by atoms with Gasteiger partial charge in [0.25, 0.3) is 0 Å². The monoisotopic (exact) mass is 641 g/mol. The van der Waals surface area contributed by atoms with Crippen LogP contribution in [0.3, 0.4) is 0 Å². The molecule has 0 radical (unpaired) electrons. The number of allylic oxidation sites excluding steroid dienone is 10. The summed E-state index contributed by atoms with van der Waals surface area (Å²) < 4.78 is 5.29. The average Bonchev–Trinajstić information content (AvgIpc) is 3.05. The first kappa shape index (κ1) is 43.6. The predicted octanol–water partition coefficient (Wildman–Crippen LogP) is 13.3. The molecule has 0 saturated heterocycles. The third-order valence-electron chi connectivity index (χ3n) is 8.28. The van der Waals surface area contributed by atoms with E-state index in [-0.39, 0.29) is 6.42 Å². The number of ether oxygens (including phenoxy) is 1. The Bertz CT molecular complexity index is 820. The number of hydrogen-bond acceptors (Lipinski definition) is 3. The van der Waals surface area contributed by atoms with Crippen LogP contribution in [0.5, 0.6) is 0 Å². The number of esters is 1. The van der Waals surface area contributed by atoms with E-state index in [1.165, 1.54) is 96.3 Å². The largest absolute Gasteiger partial charge is 0.479 e. The zero-order valence-electron chi connectivity index (χ0n) is 30.1. The van der Waals surface area contributed by atoms with Crippen molar-refractivity contribution in [2.45, 2.75) is 193 Å².